The second-order valence-corrected chi connectivity index (χ2v) is 7.30. The number of carbonyl (C=O) groups excluding carboxylic acids is 2. The minimum atomic E-state index is -0.650. The Morgan fingerprint density at radius 3 is 2.41 bits per heavy atom. The molecular formula is C24H18Cl2FNO4. The fourth-order valence-corrected chi connectivity index (χ4v) is 2.93. The highest BCUT2D eigenvalue weighted by Gasteiger charge is 2.11. The predicted octanol–water partition coefficient (Wildman–Crippen LogP) is 6.75. The highest BCUT2D eigenvalue weighted by atomic mass is 35.5. The van der Waals surface area contributed by atoms with Crippen LogP contribution in [0.25, 0.3) is 6.08 Å². The van der Waals surface area contributed by atoms with Crippen LogP contribution < -0.4 is 10.1 Å². The minimum absolute atomic E-state index is 0.00708. The van der Waals surface area contributed by atoms with Crippen LogP contribution in [-0.2, 0) is 9.53 Å². The van der Waals surface area contributed by atoms with Crippen molar-refractivity contribution < 1.29 is 23.5 Å². The summed E-state index contributed by atoms with van der Waals surface area (Å²) in [5.41, 5.74) is 1.30. The molecule has 1 amide bonds. The van der Waals surface area contributed by atoms with Crippen LogP contribution in [-0.4, -0.2) is 18.5 Å². The zero-order valence-corrected chi connectivity index (χ0v) is 18.4. The van der Waals surface area contributed by atoms with E-state index in [0.717, 1.165) is 11.6 Å². The summed E-state index contributed by atoms with van der Waals surface area (Å²) in [6, 6.07) is 15.3. The molecule has 3 aromatic rings. The first-order valence-electron chi connectivity index (χ1n) is 9.54. The van der Waals surface area contributed by atoms with Gasteiger partial charge in [-0.05, 0) is 61.0 Å². The molecule has 5 nitrogen and oxygen atoms in total. The monoisotopic (exact) mass is 473 g/mol. The Kier molecular flexibility index (Phi) is 7.87. The summed E-state index contributed by atoms with van der Waals surface area (Å²) < 4.78 is 24.9. The quantitative estimate of drug-likeness (QED) is 0.304. The van der Waals surface area contributed by atoms with E-state index in [1.807, 2.05) is 0 Å². The van der Waals surface area contributed by atoms with Crippen LogP contribution in [0.4, 0.5) is 10.1 Å². The number of ether oxygens (including phenoxy) is 2. The predicted molar refractivity (Wildman–Crippen MR) is 123 cm³/mol. The number of hydrogen-bond donors (Lipinski definition) is 1. The molecule has 0 aliphatic carbocycles. The van der Waals surface area contributed by atoms with Crippen LogP contribution in [0.5, 0.6) is 11.5 Å². The topological polar surface area (TPSA) is 64.6 Å². The third-order valence-corrected chi connectivity index (χ3v) is 4.92. The van der Waals surface area contributed by atoms with Crippen molar-refractivity contribution in [2.75, 3.05) is 11.9 Å². The van der Waals surface area contributed by atoms with Gasteiger partial charge < -0.3 is 14.8 Å². The van der Waals surface area contributed by atoms with Crippen molar-refractivity contribution in [2.45, 2.75) is 6.92 Å². The molecule has 0 fully saturated rings. The fourth-order valence-electron chi connectivity index (χ4n) is 2.63. The van der Waals surface area contributed by atoms with E-state index in [1.54, 1.807) is 37.3 Å². The molecule has 3 rings (SSSR count). The second kappa shape index (κ2) is 10.8. The van der Waals surface area contributed by atoms with Gasteiger partial charge in [-0.15, -0.1) is 0 Å². The molecule has 0 aliphatic rings. The number of esters is 1. The number of halogens is 3. The lowest BCUT2D eigenvalue weighted by atomic mass is 10.2. The first kappa shape index (κ1) is 23.3. The van der Waals surface area contributed by atoms with Crippen molar-refractivity contribution in [3.63, 3.8) is 0 Å². The zero-order chi connectivity index (χ0) is 23.1. The SMILES string of the molecule is CCOC(=O)C=Cc1ccc(Oc2ccc(NC(=O)c3ccc(Cl)c(Cl)c3)cc2F)cc1. The number of amides is 1. The smallest absolute Gasteiger partial charge is 0.330 e. The fraction of sp³-hybridized carbons (Fsp3) is 0.0833. The van der Waals surface area contributed by atoms with Crippen molar-refractivity contribution in [2.24, 2.45) is 0 Å². The third kappa shape index (κ3) is 6.33. The van der Waals surface area contributed by atoms with Gasteiger partial charge in [-0.2, -0.15) is 0 Å². The number of nitrogens with one attached hydrogen (secondary N) is 1. The van der Waals surface area contributed by atoms with Crippen LogP contribution in [0.15, 0.2) is 66.7 Å². The van der Waals surface area contributed by atoms with E-state index >= 15 is 0 Å². The van der Waals surface area contributed by atoms with Gasteiger partial charge in [0.1, 0.15) is 5.75 Å². The number of rotatable bonds is 7. The molecule has 0 unspecified atom stereocenters. The molecule has 0 atom stereocenters. The van der Waals surface area contributed by atoms with Gasteiger partial charge in [0.2, 0.25) is 0 Å². The molecule has 164 valence electrons. The van der Waals surface area contributed by atoms with Gasteiger partial charge in [0.15, 0.2) is 11.6 Å². The highest BCUT2D eigenvalue weighted by molar-refractivity contribution is 6.42. The lowest BCUT2D eigenvalue weighted by Gasteiger charge is -2.10. The summed E-state index contributed by atoms with van der Waals surface area (Å²) in [5.74, 6) is -1.13. The van der Waals surface area contributed by atoms with Gasteiger partial charge in [-0.3, -0.25) is 4.79 Å². The Morgan fingerprint density at radius 1 is 1.00 bits per heavy atom. The molecular weight excluding hydrogens is 456 g/mol. The third-order valence-electron chi connectivity index (χ3n) is 4.18. The van der Waals surface area contributed by atoms with Gasteiger partial charge in [-0.1, -0.05) is 35.3 Å². The molecule has 0 heterocycles. The lowest BCUT2D eigenvalue weighted by Crippen LogP contribution is -2.12. The van der Waals surface area contributed by atoms with Gasteiger partial charge in [0, 0.05) is 23.4 Å². The molecule has 0 aromatic heterocycles. The van der Waals surface area contributed by atoms with Gasteiger partial charge in [0.05, 0.1) is 16.7 Å². The van der Waals surface area contributed by atoms with E-state index in [9.17, 15) is 14.0 Å². The van der Waals surface area contributed by atoms with E-state index in [-0.39, 0.29) is 22.0 Å². The molecule has 0 bridgehead atoms. The molecule has 0 radical (unpaired) electrons. The van der Waals surface area contributed by atoms with Crippen molar-refractivity contribution >= 4 is 46.8 Å². The molecule has 32 heavy (non-hydrogen) atoms. The van der Waals surface area contributed by atoms with E-state index in [4.69, 9.17) is 32.7 Å². The second-order valence-electron chi connectivity index (χ2n) is 6.48. The molecule has 0 saturated carbocycles. The average Bonchev–Trinajstić information content (AvgIpc) is 2.77. The van der Waals surface area contributed by atoms with Crippen molar-refractivity contribution in [1.82, 2.24) is 0 Å². The summed E-state index contributed by atoms with van der Waals surface area (Å²) in [7, 11) is 0. The van der Waals surface area contributed by atoms with E-state index in [2.05, 4.69) is 5.32 Å². The molecule has 3 aromatic carbocycles. The van der Waals surface area contributed by atoms with E-state index in [0.29, 0.717) is 17.4 Å². The van der Waals surface area contributed by atoms with Crippen LogP contribution in [0, 0.1) is 5.82 Å². The van der Waals surface area contributed by atoms with E-state index < -0.39 is 17.7 Å². The maximum atomic E-state index is 14.5. The molecule has 0 spiro atoms. The van der Waals surface area contributed by atoms with Crippen molar-refractivity contribution in [1.29, 1.82) is 0 Å². The summed E-state index contributed by atoms with van der Waals surface area (Å²) in [4.78, 5) is 23.7. The molecule has 0 saturated heterocycles. The average molecular weight is 474 g/mol. The Bertz CT molecular complexity index is 1160. The summed E-state index contributed by atoms with van der Waals surface area (Å²) >= 11 is 11.8. The number of hydrogen-bond acceptors (Lipinski definition) is 4. The minimum Gasteiger partial charge on any atom is -0.463 e. The number of benzene rings is 3. The van der Waals surface area contributed by atoms with Crippen LogP contribution in [0.1, 0.15) is 22.8 Å². The normalized spacial score (nSPS) is 10.8. The van der Waals surface area contributed by atoms with Crippen LogP contribution >= 0.6 is 23.2 Å². The Balaban J connectivity index is 1.64. The largest absolute Gasteiger partial charge is 0.463 e. The van der Waals surface area contributed by atoms with Crippen LogP contribution in [0.2, 0.25) is 10.0 Å². The highest BCUT2D eigenvalue weighted by Crippen LogP contribution is 2.28. The first-order chi connectivity index (χ1) is 15.4. The zero-order valence-electron chi connectivity index (χ0n) is 16.9. The van der Waals surface area contributed by atoms with E-state index in [1.165, 1.54) is 36.4 Å². The van der Waals surface area contributed by atoms with Crippen molar-refractivity contribution in [3.8, 4) is 11.5 Å². The van der Waals surface area contributed by atoms with Crippen molar-refractivity contribution in [3.05, 3.63) is 93.7 Å². The Labute approximate surface area is 194 Å². The van der Waals surface area contributed by atoms with Gasteiger partial charge in [-0.25, -0.2) is 9.18 Å². The molecule has 1 N–H and O–H groups in total. The van der Waals surface area contributed by atoms with Gasteiger partial charge >= 0.3 is 5.97 Å². The standard InChI is InChI=1S/C24H18Cl2FNO4/c1-2-31-23(29)12-5-15-3-8-18(9-4-15)32-22-11-7-17(14-21(22)27)28-24(30)16-6-10-19(25)20(26)13-16/h3-14H,2H2,1H3,(H,28,30). The Hall–Kier alpha value is -3.35. The molecule has 0 aliphatic heterocycles. The number of anilines is 1. The summed E-state index contributed by atoms with van der Waals surface area (Å²) in [5, 5.41) is 3.17. The Morgan fingerprint density at radius 2 is 1.75 bits per heavy atom. The van der Waals surface area contributed by atoms with Gasteiger partial charge in [0.25, 0.3) is 5.91 Å². The number of carbonyl (C=O) groups is 2. The molecule has 8 heteroatoms. The maximum absolute atomic E-state index is 14.5. The maximum Gasteiger partial charge on any atom is 0.330 e. The first-order valence-corrected chi connectivity index (χ1v) is 10.3. The van der Waals surface area contributed by atoms with Crippen LogP contribution in [0.3, 0.4) is 0 Å². The summed E-state index contributed by atoms with van der Waals surface area (Å²) in [6.45, 7) is 2.03. The summed E-state index contributed by atoms with van der Waals surface area (Å²) in [6.07, 6.45) is 2.93. The lowest BCUT2D eigenvalue weighted by molar-refractivity contribution is -0.137.